The van der Waals surface area contributed by atoms with Crippen LogP contribution >= 0.6 is 0 Å². The van der Waals surface area contributed by atoms with E-state index in [1.165, 1.54) is 0 Å². The Balaban J connectivity index is 1.61. The topological polar surface area (TPSA) is 83.6 Å². The fourth-order valence-corrected chi connectivity index (χ4v) is 3.13. The molecule has 1 atom stereocenters. The smallest absolute Gasteiger partial charge is 0.237 e. The molecule has 1 aromatic heterocycles. The summed E-state index contributed by atoms with van der Waals surface area (Å²) in [6.45, 7) is 2.29. The molecule has 1 fully saturated rings. The zero-order valence-electron chi connectivity index (χ0n) is 15.4. The Bertz CT molecular complexity index is 782. The Morgan fingerprint density at radius 2 is 2.11 bits per heavy atom. The number of hydrogen-bond acceptors (Lipinski definition) is 5. The van der Waals surface area contributed by atoms with E-state index in [0.29, 0.717) is 26.2 Å². The molecule has 1 aliphatic heterocycles. The van der Waals surface area contributed by atoms with Crippen LogP contribution in [0.15, 0.2) is 48.8 Å². The second kappa shape index (κ2) is 9.14. The quantitative estimate of drug-likeness (QED) is 0.765. The van der Waals surface area contributed by atoms with E-state index in [9.17, 15) is 9.59 Å². The SMILES string of the molecule is COc1cccc(CN2CCNC(=O)[C@@H]2CC(=O)NCc2ccncc2)c1. The molecule has 142 valence electrons. The Labute approximate surface area is 158 Å². The van der Waals surface area contributed by atoms with Gasteiger partial charge in [-0.25, -0.2) is 0 Å². The molecule has 0 aliphatic carbocycles. The van der Waals surface area contributed by atoms with Gasteiger partial charge < -0.3 is 15.4 Å². The summed E-state index contributed by atoms with van der Waals surface area (Å²) in [5.74, 6) is 0.522. The maximum absolute atomic E-state index is 12.4. The summed E-state index contributed by atoms with van der Waals surface area (Å²) in [6.07, 6.45) is 3.50. The lowest BCUT2D eigenvalue weighted by Gasteiger charge is -2.34. The molecule has 2 aromatic rings. The van der Waals surface area contributed by atoms with Crippen molar-refractivity contribution in [2.45, 2.75) is 25.6 Å². The van der Waals surface area contributed by atoms with E-state index in [1.54, 1.807) is 19.5 Å². The largest absolute Gasteiger partial charge is 0.497 e. The second-order valence-corrected chi connectivity index (χ2v) is 6.47. The van der Waals surface area contributed by atoms with E-state index in [0.717, 1.165) is 16.9 Å². The Hall–Kier alpha value is -2.93. The molecule has 2 amide bonds. The molecular formula is C20H24N4O3. The van der Waals surface area contributed by atoms with Crippen LogP contribution < -0.4 is 15.4 Å². The van der Waals surface area contributed by atoms with Crippen molar-refractivity contribution >= 4 is 11.8 Å². The van der Waals surface area contributed by atoms with E-state index >= 15 is 0 Å². The predicted octanol–water partition coefficient (Wildman–Crippen LogP) is 1.10. The molecule has 2 N–H and O–H groups in total. The number of carbonyl (C=O) groups excluding carboxylic acids is 2. The Morgan fingerprint density at radius 3 is 2.89 bits per heavy atom. The first kappa shape index (κ1) is 18.8. The van der Waals surface area contributed by atoms with Crippen molar-refractivity contribution in [3.05, 3.63) is 59.9 Å². The molecule has 0 unspecified atom stereocenters. The van der Waals surface area contributed by atoms with Gasteiger partial charge in [0, 0.05) is 38.6 Å². The number of amides is 2. The van der Waals surface area contributed by atoms with Gasteiger partial charge in [0.1, 0.15) is 5.75 Å². The van der Waals surface area contributed by atoms with Crippen LogP contribution in [0.5, 0.6) is 5.75 Å². The number of rotatable bonds is 7. The molecule has 7 heteroatoms. The molecule has 0 spiro atoms. The molecule has 27 heavy (non-hydrogen) atoms. The molecular weight excluding hydrogens is 344 g/mol. The summed E-state index contributed by atoms with van der Waals surface area (Å²) in [4.78, 5) is 30.7. The average molecular weight is 368 g/mol. The molecule has 1 aromatic carbocycles. The number of ether oxygens (including phenoxy) is 1. The van der Waals surface area contributed by atoms with Gasteiger partial charge in [0.25, 0.3) is 0 Å². The third-order valence-corrected chi connectivity index (χ3v) is 4.58. The van der Waals surface area contributed by atoms with Crippen LogP contribution in [-0.2, 0) is 22.7 Å². The number of hydrogen-bond donors (Lipinski definition) is 2. The molecule has 1 saturated heterocycles. The standard InChI is InChI=1S/C20H24N4O3/c1-27-17-4-2-3-16(11-17)14-24-10-9-22-20(26)18(24)12-19(25)23-13-15-5-7-21-8-6-15/h2-8,11,18H,9-10,12-14H2,1H3,(H,22,26)(H,23,25)/t18-/m0/s1. The Morgan fingerprint density at radius 1 is 1.30 bits per heavy atom. The molecule has 0 radical (unpaired) electrons. The van der Waals surface area contributed by atoms with Crippen molar-refractivity contribution in [1.82, 2.24) is 20.5 Å². The van der Waals surface area contributed by atoms with E-state index in [1.807, 2.05) is 41.3 Å². The van der Waals surface area contributed by atoms with Gasteiger partial charge in [0.15, 0.2) is 0 Å². The lowest BCUT2D eigenvalue weighted by atomic mass is 10.1. The van der Waals surface area contributed by atoms with Gasteiger partial charge in [-0.1, -0.05) is 12.1 Å². The lowest BCUT2D eigenvalue weighted by molar-refractivity contribution is -0.134. The van der Waals surface area contributed by atoms with Crippen molar-refractivity contribution in [3.8, 4) is 5.75 Å². The third-order valence-electron chi connectivity index (χ3n) is 4.58. The number of nitrogens with one attached hydrogen (secondary N) is 2. The summed E-state index contributed by atoms with van der Waals surface area (Å²) in [5.41, 5.74) is 2.02. The first-order chi connectivity index (χ1) is 13.2. The van der Waals surface area contributed by atoms with Crippen molar-refractivity contribution in [2.75, 3.05) is 20.2 Å². The third kappa shape index (κ3) is 5.27. The second-order valence-electron chi connectivity index (χ2n) is 6.47. The van der Waals surface area contributed by atoms with Crippen LogP contribution in [0.4, 0.5) is 0 Å². The van der Waals surface area contributed by atoms with Gasteiger partial charge >= 0.3 is 0 Å². The van der Waals surface area contributed by atoms with Gasteiger partial charge in [-0.2, -0.15) is 0 Å². The van der Waals surface area contributed by atoms with E-state index in [2.05, 4.69) is 15.6 Å². The highest BCUT2D eigenvalue weighted by molar-refractivity contribution is 5.88. The number of pyridine rings is 1. The van der Waals surface area contributed by atoms with Crippen LogP contribution in [-0.4, -0.2) is 47.9 Å². The highest BCUT2D eigenvalue weighted by atomic mass is 16.5. The van der Waals surface area contributed by atoms with Gasteiger partial charge in [0.05, 0.1) is 19.6 Å². The molecule has 2 heterocycles. The monoisotopic (exact) mass is 368 g/mol. The maximum Gasteiger partial charge on any atom is 0.237 e. The van der Waals surface area contributed by atoms with Crippen LogP contribution in [0.2, 0.25) is 0 Å². The van der Waals surface area contributed by atoms with E-state index in [4.69, 9.17) is 4.74 Å². The fraction of sp³-hybridized carbons (Fsp3) is 0.350. The molecule has 0 bridgehead atoms. The predicted molar refractivity (Wildman–Crippen MR) is 101 cm³/mol. The maximum atomic E-state index is 12.4. The molecule has 3 rings (SSSR count). The number of aromatic nitrogens is 1. The van der Waals surface area contributed by atoms with Crippen LogP contribution in [0, 0.1) is 0 Å². The first-order valence-corrected chi connectivity index (χ1v) is 8.96. The molecule has 7 nitrogen and oxygen atoms in total. The number of piperazine rings is 1. The summed E-state index contributed by atoms with van der Waals surface area (Å²) >= 11 is 0. The normalized spacial score (nSPS) is 17.2. The number of methoxy groups -OCH3 is 1. The minimum Gasteiger partial charge on any atom is -0.497 e. The van der Waals surface area contributed by atoms with Crippen LogP contribution in [0.1, 0.15) is 17.5 Å². The highest BCUT2D eigenvalue weighted by Crippen LogP contribution is 2.18. The number of benzene rings is 1. The first-order valence-electron chi connectivity index (χ1n) is 8.96. The number of carbonyl (C=O) groups is 2. The Kier molecular flexibility index (Phi) is 6.38. The van der Waals surface area contributed by atoms with Crippen molar-refractivity contribution in [1.29, 1.82) is 0 Å². The van der Waals surface area contributed by atoms with Gasteiger partial charge in [-0.15, -0.1) is 0 Å². The minimum atomic E-state index is -0.484. The summed E-state index contributed by atoms with van der Waals surface area (Å²) in [6, 6.07) is 11.0. The average Bonchev–Trinajstić information content (AvgIpc) is 2.70. The van der Waals surface area contributed by atoms with Crippen molar-refractivity contribution in [3.63, 3.8) is 0 Å². The summed E-state index contributed by atoms with van der Waals surface area (Å²) in [7, 11) is 1.63. The highest BCUT2D eigenvalue weighted by Gasteiger charge is 2.31. The molecule has 0 saturated carbocycles. The van der Waals surface area contributed by atoms with E-state index < -0.39 is 6.04 Å². The fourth-order valence-electron chi connectivity index (χ4n) is 3.13. The van der Waals surface area contributed by atoms with Crippen molar-refractivity contribution in [2.24, 2.45) is 0 Å². The number of nitrogens with zero attached hydrogens (tertiary/aromatic N) is 2. The van der Waals surface area contributed by atoms with Gasteiger partial charge in [0.2, 0.25) is 11.8 Å². The minimum absolute atomic E-state index is 0.108. The van der Waals surface area contributed by atoms with Gasteiger partial charge in [-0.05, 0) is 35.4 Å². The zero-order chi connectivity index (χ0) is 19.1. The molecule has 1 aliphatic rings. The summed E-state index contributed by atoms with van der Waals surface area (Å²) < 4.78 is 5.26. The van der Waals surface area contributed by atoms with E-state index in [-0.39, 0.29) is 18.2 Å². The zero-order valence-corrected chi connectivity index (χ0v) is 15.4. The van der Waals surface area contributed by atoms with Crippen LogP contribution in [0.25, 0.3) is 0 Å². The van der Waals surface area contributed by atoms with Crippen LogP contribution in [0.3, 0.4) is 0 Å². The van der Waals surface area contributed by atoms with Crippen molar-refractivity contribution < 1.29 is 14.3 Å². The summed E-state index contributed by atoms with van der Waals surface area (Å²) in [5, 5.41) is 5.73. The lowest BCUT2D eigenvalue weighted by Crippen LogP contribution is -2.56. The van der Waals surface area contributed by atoms with Gasteiger partial charge in [-0.3, -0.25) is 19.5 Å².